The molecule has 3 amide bonds. The summed E-state index contributed by atoms with van der Waals surface area (Å²) in [5.74, 6) is -5.59. The number of fused-ring (bicyclic) bond motifs is 2. The van der Waals surface area contributed by atoms with Gasteiger partial charge in [-0.25, -0.2) is 13.7 Å². The molecule has 242 valence electrons. The Kier molecular flexibility index (Phi) is 8.09. The predicted octanol–water partition coefficient (Wildman–Crippen LogP) is 8.66. The number of anilines is 2. The van der Waals surface area contributed by atoms with E-state index in [0.29, 0.717) is 12.1 Å². The second-order valence-corrected chi connectivity index (χ2v) is 10.8. The summed E-state index contributed by atoms with van der Waals surface area (Å²) in [6.07, 6.45) is -2.13. The Morgan fingerprint density at radius 2 is 1.65 bits per heavy atom. The minimum Gasteiger partial charge on any atom is -0.453 e. The molecule has 1 aromatic heterocycles. The van der Waals surface area contributed by atoms with Crippen LogP contribution in [0.15, 0.2) is 86.0 Å². The second-order valence-electron chi connectivity index (χ2n) is 10.4. The summed E-state index contributed by atoms with van der Waals surface area (Å²) < 4.78 is 76.5. The van der Waals surface area contributed by atoms with Crippen molar-refractivity contribution in [2.45, 2.75) is 12.7 Å². The molecule has 2 heterocycles. The average Bonchev–Trinajstić information content (AvgIpc) is 3.53. The van der Waals surface area contributed by atoms with Crippen LogP contribution in [-0.2, 0) is 12.7 Å². The van der Waals surface area contributed by atoms with Crippen LogP contribution in [0, 0.1) is 11.6 Å². The van der Waals surface area contributed by atoms with Crippen molar-refractivity contribution in [3.63, 3.8) is 0 Å². The Morgan fingerprint density at radius 3 is 2.27 bits per heavy atom. The van der Waals surface area contributed by atoms with Crippen molar-refractivity contribution in [1.29, 1.82) is 0 Å². The summed E-state index contributed by atoms with van der Waals surface area (Å²) in [5.41, 5.74) is -1.70. The van der Waals surface area contributed by atoms with Crippen molar-refractivity contribution < 1.29 is 41.1 Å². The zero-order valence-corrected chi connectivity index (χ0v) is 25.1. The summed E-state index contributed by atoms with van der Waals surface area (Å²) in [5, 5.41) is 6.81. The number of allylic oxidation sites excluding steroid dienone is 1. The number of imide groups is 1. The molecule has 14 heteroatoms. The van der Waals surface area contributed by atoms with Gasteiger partial charge < -0.3 is 10.1 Å². The molecule has 0 bridgehead atoms. The van der Waals surface area contributed by atoms with Crippen LogP contribution in [-0.4, -0.2) is 27.5 Å². The zero-order chi connectivity index (χ0) is 34.5. The second kappa shape index (κ2) is 12.1. The van der Waals surface area contributed by atoms with Crippen molar-refractivity contribution in [1.82, 2.24) is 9.78 Å². The number of carbonyl (C=O) groups is 3. The van der Waals surface area contributed by atoms with Crippen LogP contribution in [0.25, 0.3) is 17.0 Å². The first-order valence-electron chi connectivity index (χ1n) is 13.9. The number of nitrogens with zero attached hydrogens (tertiary/aromatic N) is 3. The summed E-state index contributed by atoms with van der Waals surface area (Å²) in [6.45, 7) is 7.57. The predicted molar refractivity (Wildman–Crippen MR) is 168 cm³/mol. The number of benzene rings is 4. The maximum atomic E-state index is 14.4. The lowest BCUT2D eigenvalue weighted by Crippen LogP contribution is -2.30. The normalized spacial score (nSPS) is 12.8. The number of amides is 3. The quantitative estimate of drug-likeness (QED) is 0.101. The summed E-state index contributed by atoms with van der Waals surface area (Å²) in [4.78, 5) is 41.5. The molecule has 0 atom stereocenters. The highest BCUT2D eigenvalue weighted by atomic mass is 35.5. The fraction of sp³-hybridized carbons (Fsp3) is 0.0588. The van der Waals surface area contributed by atoms with Gasteiger partial charge in [-0.2, -0.15) is 18.3 Å². The first kappa shape index (κ1) is 32.1. The number of carbonyl (C=O) groups excluding carboxylic acids is 3. The van der Waals surface area contributed by atoms with Crippen molar-refractivity contribution in [2.24, 2.45) is 0 Å². The van der Waals surface area contributed by atoms with Crippen LogP contribution >= 0.6 is 11.6 Å². The SMILES string of the molecule is C=CCn1nc(N2C(=O)c3ccccc3C2=O)c2c(Oc3cc(F)ccc3Cl)c(NC(=O)c3cc(F)cc(C(F)(F)F)c3)cc(C=C)c21. The molecular formula is C34H20ClF5N4O4. The molecule has 1 N–H and O–H groups in total. The number of nitrogens with one attached hydrogen (secondary N) is 1. The minimum atomic E-state index is -4.96. The van der Waals surface area contributed by atoms with Crippen LogP contribution in [0.4, 0.5) is 33.5 Å². The molecule has 0 saturated heterocycles. The van der Waals surface area contributed by atoms with E-state index < -0.39 is 46.7 Å². The average molecular weight is 679 g/mol. The van der Waals surface area contributed by atoms with Gasteiger partial charge in [0.25, 0.3) is 17.7 Å². The molecular weight excluding hydrogens is 659 g/mol. The third-order valence-corrected chi connectivity index (χ3v) is 7.66. The Morgan fingerprint density at radius 1 is 0.958 bits per heavy atom. The number of rotatable bonds is 8. The summed E-state index contributed by atoms with van der Waals surface area (Å²) in [7, 11) is 0. The topological polar surface area (TPSA) is 93.5 Å². The number of aromatic nitrogens is 2. The van der Waals surface area contributed by atoms with Crippen molar-refractivity contribution in [3.8, 4) is 11.5 Å². The van der Waals surface area contributed by atoms with E-state index in [1.807, 2.05) is 0 Å². The molecule has 6 rings (SSSR count). The van der Waals surface area contributed by atoms with Crippen molar-refractivity contribution in [2.75, 3.05) is 10.2 Å². The monoisotopic (exact) mass is 678 g/mol. The van der Waals surface area contributed by atoms with Crippen LogP contribution in [0.3, 0.4) is 0 Å². The molecule has 5 aromatic rings. The molecule has 1 aliphatic rings. The molecule has 0 unspecified atom stereocenters. The molecule has 48 heavy (non-hydrogen) atoms. The van der Waals surface area contributed by atoms with E-state index in [9.17, 15) is 36.3 Å². The first-order valence-corrected chi connectivity index (χ1v) is 14.3. The number of hydrogen-bond acceptors (Lipinski definition) is 5. The number of hydrogen-bond donors (Lipinski definition) is 1. The van der Waals surface area contributed by atoms with Crippen molar-refractivity contribution >= 4 is 57.8 Å². The Bertz CT molecular complexity index is 2180. The maximum absolute atomic E-state index is 14.4. The van der Waals surface area contributed by atoms with Gasteiger partial charge in [-0.05, 0) is 48.5 Å². The summed E-state index contributed by atoms with van der Waals surface area (Å²) in [6, 6.07) is 11.9. The van der Waals surface area contributed by atoms with Crippen molar-refractivity contribution in [3.05, 3.63) is 130 Å². The first-order chi connectivity index (χ1) is 22.8. The number of alkyl halides is 3. The van der Waals surface area contributed by atoms with Gasteiger partial charge in [-0.15, -0.1) is 6.58 Å². The fourth-order valence-corrected chi connectivity index (χ4v) is 5.42. The van der Waals surface area contributed by atoms with Gasteiger partial charge in [0, 0.05) is 17.2 Å². The summed E-state index contributed by atoms with van der Waals surface area (Å²) >= 11 is 6.32. The van der Waals surface area contributed by atoms with Gasteiger partial charge in [0.2, 0.25) is 0 Å². The van der Waals surface area contributed by atoms with Gasteiger partial charge in [0.1, 0.15) is 17.4 Å². The highest BCUT2D eigenvalue weighted by Gasteiger charge is 2.40. The fourth-order valence-electron chi connectivity index (χ4n) is 5.27. The van der Waals surface area contributed by atoms with E-state index in [0.717, 1.165) is 17.0 Å². The molecule has 0 spiro atoms. The lowest BCUT2D eigenvalue weighted by Gasteiger charge is -2.18. The third kappa shape index (κ3) is 5.58. The molecule has 8 nitrogen and oxygen atoms in total. The molecule has 0 radical (unpaired) electrons. The van der Waals surface area contributed by atoms with E-state index in [2.05, 4.69) is 23.6 Å². The van der Waals surface area contributed by atoms with E-state index in [4.69, 9.17) is 16.3 Å². The van der Waals surface area contributed by atoms with Gasteiger partial charge in [-0.1, -0.05) is 42.5 Å². The highest BCUT2D eigenvalue weighted by molar-refractivity contribution is 6.36. The van der Waals surface area contributed by atoms with Crippen LogP contribution in [0.5, 0.6) is 11.5 Å². The van der Waals surface area contributed by atoms with Gasteiger partial charge in [-0.3, -0.25) is 19.1 Å². The number of ether oxygens (including phenoxy) is 1. The largest absolute Gasteiger partial charge is 0.453 e. The lowest BCUT2D eigenvalue weighted by molar-refractivity contribution is -0.137. The van der Waals surface area contributed by atoms with E-state index >= 15 is 0 Å². The molecule has 0 aliphatic carbocycles. The molecule has 1 aliphatic heterocycles. The van der Waals surface area contributed by atoms with Crippen LogP contribution in [0.1, 0.15) is 42.2 Å². The standard InChI is InChI=1S/C34H20ClF5N4O4/c1-3-11-43-28-17(4-2)14-25(41-31(45)18-12-19(34(38,39)40)15-21(37)13-18)29(48-26-16-20(36)9-10-24(26)35)27(28)30(42-43)44-32(46)22-7-5-6-8-23(22)33(44)47/h3-10,12-16H,1-2,11H2,(H,41,45). The molecule has 0 fully saturated rings. The number of halogens is 6. The van der Waals surface area contributed by atoms with Gasteiger partial charge in [0.15, 0.2) is 11.6 Å². The maximum Gasteiger partial charge on any atom is 0.416 e. The van der Waals surface area contributed by atoms with Crippen LogP contribution in [0.2, 0.25) is 5.02 Å². The minimum absolute atomic E-state index is 0.0376. The van der Waals surface area contributed by atoms with E-state index in [1.165, 1.54) is 41.1 Å². The Hall–Kier alpha value is -5.82. The molecule has 0 saturated carbocycles. The van der Waals surface area contributed by atoms with E-state index in [-0.39, 0.29) is 68.2 Å². The van der Waals surface area contributed by atoms with E-state index in [1.54, 1.807) is 12.1 Å². The highest BCUT2D eigenvalue weighted by Crippen LogP contribution is 2.47. The Balaban J connectivity index is 1.63. The van der Waals surface area contributed by atoms with Crippen LogP contribution < -0.4 is 15.0 Å². The smallest absolute Gasteiger partial charge is 0.416 e. The molecule has 4 aromatic carbocycles. The zero-order valence-electron chi connectivity index (χ0n) is 24.4. The van der Waals surface area contributed by atoms with Gasteiger partial charge >= 0.3 is 6.18 Å². The Labute approximate surface area is 273 Å². The third-order valence-electron chi connectivity index (χ3n) is 7.35. The van der Waals surface area contributed by atoms with Gasteiger partial charge in [0.05, 0.1) is 44.8 Å². The lowest BCUT2D eigenvalue weighted by atomic mass is 10.1.